The minimum absolute atomic E-state index is 0.126. The highest BCUT2D eigenvalue weighted by Gasteiger charge is 2.04. The molecule has 0 saturated heterocycles. The predicted molar refractivity (Wildman–Crippen MR) is 138 cm³/mol. The summed E-state index contributed by atoms with van der Waals surface area (Å²) in [5.41, 5.74) is 10.0. The maximum atomic E-state index is 9.02. The van der Waals surface area contributed by atoms with Crippen molar-refractivity contribution in [1.29, 1.82) is 10.5 Å². The van der Waals surface area contributed by atoms with Crippen LogP contribution in [0.1, 0.15) is 23.6 Å². The van der Waals surface area contributed by atoms with Crippen LogP contribution in [0.5, 0.6) is 0 Å². The molecule has 166 valence electrons. The van der Waals surface area contributed by atoms with Crippen LogP contribution in [0.3, 0.4) is 0 Å². The second-order valence-corrected chi connectivity index (χ2v) is 7.71. The molecule has 0 unspecified atom stereocenters. The Morgan fingerprint density at radius 2 is 1.55 bits per heavy atom. The van der Waals surface area contributed by atoms with Crippen LogP contribution < -0.4 is 16.4 Å². The number of anilines is 1. The van der Waals surface area contributed by atoms with Gasteiger partial charge in [0.15, 0.2) is 0 Å². The van der Waals surface area contributed by atoms with E-state index in [-0.39, 0.29) is 4.99 Å². The lowest BCUT2D eigenvalue weighted by atomic mass is 10.2. The summed E-state index contributed by atoms with van der Waals surface area (Å²) in [7, 11) is 0. The van der Waals surface area contributed by atoms with E-state index in [9.17, 15) is 0 Å². The van der Waals surface area contributed by atoms with Crippen molar-refractivity contribution in [3.8, 4) is 12.1 Å². The lowest BCUT2D eigenvalue weighted by molar-refractivity contribution is 0.809. The summed E-state index contributed by atoms with van der Waals surface area (Å²) < 4.78 is 0.463. The van der Waals surface area contributed by atoms with E-state index in [1.165, 1.54) is 0 Å². The molecule has 0 aliphatic rings. The Bertz CT molecular complexity index is 1240. The van der Waals surface area contributed by atoms with Gasteiger partial charge in [-0.1, -0.05) is 85.1 Å². The van der Waals surface area contributed by atoms with Gasteiger partial charge < -0.3 is 21.4 Å². The number of benzene rings is 2. The fourth-order valence-corrected chi connectivity index (χ4v) is 3.19. The number of thiocarbonyl (C=S) groups is 1. The Kier molecular flexibility index (Phi) is 10.3. The van der Waals surface area contributed by atoms with E-state index >= 15 is 0 Å². The zero-order chi connectivity index (χ0) is 24.1. The number of H-pyrrole nitrogens is 1. The zero-order valence-electron chi connectivity index (χ0n) is 18.1. The summed E-state index contributed by atoms with van der Waals surface area (Å²) in [5, 5.41) is 24.2. The van der Waals surface area contributed by atoms with Gasteiger partial charge in [0.1, 0.15) is 32.9 Å². The Morgan fingerprint density at radius 3 is 2.06 bits per heavy atom. The van der Waals surface area contributed by atoms with E-state index in [4.69, 9.17) is 40.7 Å². The molecule has 33 heavy (non-hydrogen) atoms. The van der Waals surface area contributed by atoms with Crippen molar-refractivity contribution in [2.75, 3.05) is 5.32 Å². The molecule has 5 N–H and O–H groups in total. The molecule has 0 amide bonds. The van der Waals surface area contributed by atoms with Crippen LogP contribution in [0.2, 0.25) is 0 Å². The van der Waals surface area contributed by atoms with Gasteiger partial charge in [-0.2, -0.15) is 10.5 Å². The van der Waals surface area contributed by atoms with Gasteiger partial charge in [-0.3, -0.25) is 0 Å². The van der Waals surface area contributed by atoms with Crippen molar-refractivity contribution in [2.24, 2.45) is 5.73 Å². The van der Waals surface area contributed by atoms with Gasteiger partial charge in [0.25, 0.3) is 0 Å². The number of allylic oxidation sites excluding steroid dienone is 1. The maximum Gasteiger partial charge on any atom is 0.123 e. The number of nitriles is 2. The van der Waals surface area contributed by atoms with Gasteiger partial charge >= 0.3 is 0 Å². The van der Waals surface area contributed by atoms with Crippen LogP contribution in [0, 0.1) is 27.3 Å². The van der Waals surface area contributed by atoms with Gasteiger partial charge in [0, 0.05) is 25.0 Å². The van der Waals surface area contributed by atoms with Crippen molar-refractivity contribution in [3.63, 3.8) is 0 Å². The number of nitrogens with two attached hydrogens (primary N) is 1. The van der Waals surface area contributed by atoms with Crippen molar-refractivity contribution in [3.05, 3.63) is 106 Å². The normalized spacial score (nSPS) is 10.4. The quantitative estimate of drug-likeness (QED) is 0.215. The molecular formula is C25H24N6S2. The van der Waals surface area contributed by atoms with Crippen LogP contribution in [-0.2, 0) is 13.1 Å². The third-order valence-corrected chi connectivity index (χ3v) is 5.06. The molecular weight excluding hydrogens is 448 g/mol. The first-order valence-corrected chi connectivity index (χ1v) is 10.9. The van der Waals surface area contributed by atoms with Gasteiger partial charge in [0.2, 0.25) is 0 Å². The smallest absolute Gasteiger partial charge is 0.123 e. The van der Waals surface area contributed by atoms with Gasteiger partial charge in [-0.25, -0.2) is 0 Å². The highest BCUT2D eigenvalue weighted by Crippen LogP contribution is 2.15. The molecule has 1 aromatic heterocycles. The van der Waals surface area contributed by atoms with Crippen LogP contribution in [0.25, 0.3) is 0 Å². The standard InChI is InChI=1S/C13H11N3S.C12H13N3S/c14-8-11-12(6-7-15-13(11)17)16-9-10-4-2-1-3-5-10;1-9(11(7-13)12(14)16)15-8-10-5-3-2-4-6-10/h1-7H,9H2,(H2,15,16,17);2-6,15H,8H2,1H3,(H2,14,16)/b;11-9-. The first-order valence-electron chi connectivity index (χ1n) is 10.0. The number of rotatable bonds is 7. The Morgan fingerprint density at radius 1 is 0.970 bits per heavy atom. The number of aromatic amines is 1. The van der Waals surface area contributed by atoms with Gasteiger partial charge in [-0.15, -0.1) is 0 Å². The molecule has 0 radical (unpaired) electrons. The lowest BCUT2D eigenvalue weighted by Gasteiger charge is -2.08. The molecule has 3 rings (SSSR count). The Balaban J connectivity index is 0.000000234. The van der Waals surface area contributed by atoms with E-state index < -0.39 is 0 Å². The molecule has 2 aromatic carbocycles. The average molecular weight is 473 g/mol. The number of pyridine rings is 1. The number of hydrogen-bond acceptors (Lipinski definition) is 6. The van der Waals surface area contributed by atoms with Crippen molar-refractivity contribution >= 4 is 35.1 Å². The monoisotopic (exact) mass is 472 g/mol. The van der Waals surface area contributed by atoms with E-state index in [2.05, 4.69) is 21.7 Å². The summed E-state index contributed by atoms with van der Waals surface area (Å²) in [6.45, 7) is 3.12. The van der Waals surface area contributed by atoms with Crippen molar-refractivity contribution in [2.45, 2.75) is 20.0 Å². The molecule has 0 atom stereocenters. The molecule has 0 saturated carbocycles. The number of hydrogen-bond donors (Lipinski definition) is 4. The molecule has 8 heteroatoms. The molecule has 0 bridgehead atoms. The van der Waals surface area contributed by atoms with Crippen LogP contribution in [0.15, 0.2) is 84.2 Å². The fourth-order valence-electron chi connectivity index (χ4n) is 2.77. The van der Waals surface area contributed by atoms with Crippen LogP contribution >= 0.6 is 24.4 Å². The summed E-state index contributed by atoms with van der Waals surface area (Å²) in [6, 6.07) is 25.8. The Hall–Kier alpha value is -3.98. The first-order chi connectivity index (χ1) is 16.0. The van der Waals surface area contributed by atoms with E-state index in [0.29, 0.717) is 34.6 Å². The summed E-state index contributed by atoms with van der Waals surface area (Å²) in [4.78, 5) is 2.97. The zero-order valence-corrected chi connectivity index (χ0v) is 19.8. The molecule has 0 fully saturated rings. The second-order valence-electron chi connectivity index (χ2n) is 6.86. The molecule has 1 heterocycles. The topological polar surface area (TPSA) is 113 Å². The number of nitrogens with zero attached hydrogens (tertiary/aromatic N) is 2. The molecule has 0 aliphatic carbocycles. The van der Waals surface area contributed by atoms with Gasteiger partial charge in [0.05, 0.1) is 5.69 Å². The molecule has 6 nitrogen and oxygen atoms in total. The maximum absolute atomic E-state index is 9.02. The Labute approximate surface area is 204 Å². The lowest BCUT2D eigenvalue weighted by Crippen LogP contribution is -2.19. The average Bonchev–Trinajstić information content (AvgIpc) is 2.83. The minimum atomic E-state index is 0.126. The van der Waals surface area contributed by atoms with Crippen LogP contribution in [-0.4, -0.2) is 9.97 Å². The van der Waals surface area contributed by atoms with Crippen molar-refractivity contribution in [1.82, 2.24) is 10.3 Å². The fraction of sp³-hybridized carbons (Fsp3) is 0.120. The highest BCUT2D eigenvalue weighted by molar-refractivity contribution is 7.80. The van der Waals surface area contributed by atoms with E-state index in [1.54, 1.807) is 13.1 Å². The molecule has 0 spiro atoms. The van der Waals surface area contributed by atoms with Gasteiger partial charge in [-0.05, 0) is 24.1 Å². The van der Waals surface area contributed by atoms with Crippen molar-refractivity contribution < 1.29 is 0 Å². The minimum Gasteiger partial charge on any atom is -0.389 e. The number of nitrogens with one attached hydrogen (secondary N) is 3. The molecule has 3 aromatic rings. The van der Waals surface area contributed by atoms with E-state index in [1.807, 2.05) is 72.8 Å². The van der Waals surface area contributed by atoms with Crippen LogP contribution in [0.4, 0.5) is 5.69 Å². The van der Waals surface area contributed by atoms with E-state index in [0.717, 1.165) is 16.8 Å². The third kappa shape index (κ3) is 8.23. The predicted octanol–water partition coefficient (Wildman–Crippen LogP) is 5.09. The largest absolute Gasteiger partial charge is 0.389 e. The third-order valence-electron chi connectivity index (χ3n) is 4.53. The highest BCUT2D eigenvalue weighted by atomic mass is 32.1. The number of aromatic nitrogens is 1. The molecule has 0 aliphatic heterocycles. The first kappa shape index (κ1) is 25.3. The summed E-state index contributed by atoms with van der Waals surface area (Å²) in [5.74, 6) is 0. The SMILES string of the molecule is C/C(NCc1ccccc1)=C(\C#N)C(N)=S.N#Cc1c(NCc2ccccc2)cc[nH]c1=S. The summed E-state index contributed by atoms with van der Waals surface area (Å²) in [6.07, 6.45) is 1.73. The second kappa shape index (κ2) is 13.4. The summed E-state index contributed by atoms with van der Waals surface area (Å²) >= 11 is 9.83.